The van der Waals surface area contributed by atoms with Crippen LogP contribution in [0.2, 0.25) is 0 Å². The van der Waals surface area contributed by atoms with E-state index in [0.29, 0.717) is 18.6 Å². The molecule has 0 radical (unpaired) electrons. The lowest BCUT2D eigenvalue weighted by Gasteiger charge is -2.34. The van der Waals surface area contributed by atoms with Gasteiger partial charge in [0.2, 0.25) is 0 Å². The Morgan fingerprint density at radius 1 is 1.22 bits per heavy atom. The molecule has 0 fully saturated rings. The first-order valence-electron chi connectivity index (χ1n) is 6.67. The van der Waals surface area contributed by atoms with Crippen molar-refractivity contribution in [1.29, 1.82) is 0 Å². The topological polar surface area (TPSA) is 38.5 Å². The highest BCUT2D eigenvalue weighted by Crippen LogP contribution is 2.11. The molecule has 0 heterocycles. The number of nitrogens with zero attached hydrogens (tertiary/aromatic N) is 1. The Labute approximate surface area is 111 Å². The van der Waals surface area contributed by atoms with E-state index >= 15 is 0 Å². The second kappa shape index (κ2) is 8.25. The molecule has 1 aromatic rings. The zero-order valence-electron chi connectivity index (χ0n) is 11.8. The number of hydrogen-bond acceptors (Lipinski definition) is 3. The van der Waals surface area contributed by atoms with E-state index in [-0.39, 0.29) is 0 Å². The van der Waals surface area contributed by atoms with Gasteiger partial charge in [-0.3, -0.25) is 4.90 Å². The first-order valence-corrected chi connectivity index (χ1v) is 6.67. The number of hydrogen-bond donors (Lipinski definition) is 1. The van der Waals surface area contributed by atoms with Gasteiger partial charge >= 0.3 is 0 Å². The van der Waals surface area contributed by atoms with Crippen LogP contribution in [-0.2, 0) is 11.2 Å². The maximum atomic E-state index is 5.95. The van der Waals surface area contributed by atoms with Crippen molar-refractivity contribution in [2.45, 2.75) is 32.4 Å². The molecule has 102 valence electrons. The van der Waals surface area contributed by atoms with Crippen LogP contribution in [-0.4, -0.2) is 43.8 Å². The highest BCUT2D eigenvalue weighted by atomic mass is 16.5. The maximum Gasteiger partial charge on any atom is 0.0589 e. The third-order valence-corrected chi connectivity index (χ3v) is 3.27. The second-order valence-corrected chi connectivity index (χ2v) is 4.90. The van der Waals surface area contributed by atoms with Gasteiger partial charge < -0.3 is 10.5 Å². The largest absolute Gasteiger partial charge is 0.383 e. The minimum Gasteiger partial charge on any atom is -0.383 e. The van der Waals surface area contributed by atoms with E-state index in [4.69, 9.17) is 10.5 Å². The summed E-state index contributed by atoms with van der Waals surface area (Å²) in [4.78, 5) is 2.43. The van der Waals surface area contributed by atoms with E-state index in [2.05, 4.69) is 43.0 Å². The molecule has 0 aliphatic carbocycles. The van der Waals surface area contributed by atoms with Crippen molar-refractivity contribution >= 4 is 0 Å². The van der Waals surface area contributed by atoms with Gasteiger partial charge in [-0.25, -0.2) is 0 Å². The fourth-order valence-electron chi connectivity index (χ4n) is 2.28. The van der Waals surface area contributed by atoms with Crippen molar-refractivity contribution in [3.8, 4) is 0 Å². The summed E-state index contributed by atoms with van der Waals surface area (Å²) >= 11 is 0. The normalized spacial score (nSPS) is 13.2. The van der Waals surface area contributed by atoms with Crippen LogP contribution in [0.5, 0.6) is 0 Å². The van der Waals surface area contributed by atoms with E-state index in [0.717, 1.165) is 19.6 Å². The van der Waals surface area contributed by atoms with Gasteiger partial charge in [0.1, 0.15) is 0 Å². The SMILES string of the molecule is COCCN(C(C)C)C(CN)Cc1ccccc1. The molecule has 0 aromatic heterocycles. The van der Waals surface area contributed by atoms with E-state index in [1.165, 1.54) is 5.56 Å². The minimum atomic E-state index is 0.377. The fourth-order valence-corrected chi connectivity index (χ4v) is 2.28. The van der Waals surface area contributed by atoms with Gasteiger partial charge in [0.15, 0.2) is 0 Å². The van der Waals surface area contributed by atoms with Crippen LogP contribution in [0.4, 0.5) is 0 Å². The van der Waals surface area contributed by atoms with Gasteiger partial charge in [-0.2, -0.15) is 0 Å². The summed E-state index contributed by atoms with van der Waals surface area (Å²) < 4.78 is 5.18. The Morgan fingerprint density at radius 3 is 2.39 bits per heavy atom. The molecular weight excluding hydrogens is 224 g/mol. The van der Waals surface area contributed by atoms with Crippen LogP contribution in [0.25, 0.3) is 0 Å². The molecule has 0 amide bonds. The summed E-state index contributed by atoms with van der Waals surface area (Å²) in [6.45, 7) is 6.79. The van der Waals surface area contributed by atoms with Crippen LogP contribution in [0.15, 0.2) is 30.3 Å². The molecule has 3 nitrogen and oxygen atoms in total. The Balaban J connectivity index is 2.66. The quantitative estimate of drug-likeness (QED) is 0.766. The van der Waals surface area contributed by atoms with Crippen molar-refractivity contribution in [3.63, 3.8) is 0 Å². The van der Waals surface area contributed by atoms with Gasteiger partial charge in [-0.1, -0.05) is 30.3 Å². The monoisotopic (exact) mass is 250 g/mol. The van der Waals surface area contributed by atoms with Gasteiger partial charge in [0.05, 0.1) is 6.61 Å². The van der Waals surface area contributed by atoms with Gasteiger partial charge in [0, 0.05) is 32.3 Å². The van der Waals surface area contributed by atoms with Crippen LogP contribution in [0.3, 0.4) is 0 Å². The average molecular weight is 250 g/mol. The maximum absolute atomic E-state index is 5.95. The van der Waals surface area contributed by atoms with E-state index < -0.39 is 0 Å². The summed E-state index contributed by atoms with van der Waals surface area (Å²) in [7, 11) is 1.74. The molecule has 3 heteroatoms. The molecule has 2 N–H and O–H groups in total. The highest BCUT2D eigenvalue weighted by molar-refractivity contribution is 5.16. The smallest absolute Gasteiger partial charge is 0.0589 e. The highest BCUT2D eigenvalue weighted by Gasteiger charge is 2.19. The lowest BCUT2D eigenvalue weighted by atomic mass is 10.0. The summed E-state index contributed by atoms with van der Waals surface area (Å²) in [5.74, 6) is 0. The predicted octanol–water partition coefficient (Wildman–Crippen LogP) is 1.91. The number of methoxy groups -OCH3 is 1. The zero-order valence-corrected chi connectivity index (χ0v) is 11.8. The second-order valence-electron chi connectivity index (χ2n) is 4.90. The molecule has 0 saturated heterocycles. The fraction of sp³-hybridized carbons (Fsp3) is 0.600. The number of rotatable bonds is 8. The van der Waals surface area contributed by atoms with Crippen molar-refractivity contribution in [1.82, 2.24) is 4.90 Å². The lowest BCUT2D eigenvalue weighted by Crippen LogP contribution is -2.47. The molecule has 0 spiro atoms. The molecule has 0 aliphatic rings. The molecule has 1 rings (SSSR count). The third-order valence-electron chi connectivity index (χ3n) is 3.27. The molecule has 0 saturated carbocycles. The van der Waals surface area contributed by atoms with Crippen molar-refractivity contribution in [2.75, 3.05) is 26.8 Å². The summed E-state index contributed by atoms with van der Waals surface area (Å²) in [6.07, 6.45) is 0.999. The van der Waals surface area contributed by atoms with E-state index in [1.807, 2.05) is 6.07 Å². The van der Waals surface area contributed by atoms with Gasteiger partial charge in [-0.15, -0.1) is 0 Å². The Hall–Kier alpha value is -0.900. The van der Waals surface area contributed by atoms with Crippen molar-refractivity contribution in [2.24, 2.45) is 5.73 Å². The third kappa shape index (κ3) is 4.77. The van der Waals surface area contributed by atoms with Crippen molar-refractivity contribution in [3.05, 3.63) is 35.9 Å². The Bertz CT molecular complexity index is 314. The number of nitrogens with two attached hydrogens (primary N) is 1. The summed E-state index contributed by atoms with van der Waals surface area (Å²) in [6, 6.07) is 11.4. The van der Waals surface area contributed by atoms with Crippen molar-refractivity contribution < 1.29 is 4.74 Å². The molecule has 1 atom stereocenters. The van der Waals surface area contributed by atoms with E-state index in [9.17, 15) is 0 Å². The first kappa shape index (κ1) is 15.2. The first-order chi connectivity index (χ1) is 8.69. The molecular formula is C15H26N2O. The lowest BCUT2D eigenvalue weighted by molar-refractivity contribution is 0.0978. The number of benzene rings is 1. The molecule has 0 bridgehead atoms. The summed E-state index contributed by atoms with van der Waals surface area (Å²) in [5.41, 5.74) is 7.29. The van der Waals surface area contributed by atoms with Crippen LogP contribution in [0, 0.1) is 0 Å². The number of ether oxygens (including phenoxy) is 1. The van der Waals surface area contributed by atoms with Crippen LogP contribution in [0.1, 0.15) is 19.4 Å². The van der Waals surface area contributed by atoms with Gasteiger partial charge in [-0.05, 0) is 25.8 Å². The predicted molar refractivity (Wildman–Crippen MR) is 76.7 cm³/mol. The average Bonchev–Trinajstić information content (AvgIpc) is 2.38. The molecule has 0 aliphatic heterocycles. The summed E-state index contributed by atoms with van der Waals surface area (Å²) in [5, 5.41) is 0. The zero-order chi connectivity index (χ0) is 13.4. The Morgan fingerprint density at radius 2 is 1.89 bits per heavy atom. The Kier molecular flexibility index (Phi) is 6.94. The molecule has 1 unspecified atom stereocenters. The standard InChI is InChI=1S/C15H26N2O/c1-13(2)17(9-10-18-3)15(12-16)11-14-7-5-4-6-8-14/h4-8,13,15H,9-12,16H2,1-3H3. The van der Waals surface area contributed by atoms with Crippen LogP contribution >= 0.6 is 0 Å². The molecule has 1 aromatic carbocycles. The van der Waals surface area contributed by atoms with E-state index in [1.54, 1.807) is 7.11 Å². The van der Waals surface area contributed by atoms with Crippen LogP contribution < -0.4 is 5.73 Å². The molecule has 18 heavy (non-hydrogen) atoms. The minimum absolute atomic E-state index is 0.377. The van der Waals surface area contributed by atoms with Gasteiger partial charge in [0.25, 0.3) is 0 Å².